The molecule has 13 heteroatoms. The average Bonchev–Trinajstić information content (AvgIpc) is 3.39. The molecule has 2 N–H and O–H groups in total. The van der Waals surface area contributed by atoms with Crippen LogP contribution in [0.2, 0.25) is 0 Å². The van der Waals surface area contributed by atoms with Crippen molar-refractivity contribution in [2.75, 3.05) is 18.1 Å². The van der Waals surface area contributed by atoms with Gasteiger partial charge in [0.25, 0.3) is 5.91 Å². The Morgan fingerprint density at radius 1 is 1.37 bits per heavy atom. The van der Waals surface area contributed by atoms with Crippen LogP contribution in [0.15, 0.2) is 30.6 Å². The molecule has 158 valence electrons. The number of carbonyl (C=O) groups is 3. The normalized spacial score (nSPS) is 25.4. The fourth-order valence-corrected chi connectivity index (χ4v) is 5.27. The molecule has 2 saturated heterocycles. The van der Waals surface area contributed by atoms with E-state index in [0.29, 0.717) is 17.7 Å². The van der Waals surface area contributed by atoms with Gasteiger partial charge in [0.05, 0.1) is 17.2 Å². The topological polar surface area (TPSA) is 156 Å². The number of sulfone groups is 1. The van der Waals surface area contributed by atoms with Gasteiger partial charge in [0.2, 0.25) is 5.91 Å². The van der Waals surface area contributed by atoms with Gasteiger partial charge in [-0.25, -0.2) is 17.9 Å². The van der Waals surface area contributed by atoms with Crippen LogP contribution in [0.1, 0.15) is 18.9 Å². The van der Waals surface area contributed by atoms with Gasteiger partial charge >= 0.3 is 6.03 Å². The molecule has 2 atom stereocenters. The maximum absolute atomic E-state index is 13.0. The van der Waals surface area contributed by atoms with Crippen molar-refractivity contribution in [3.05, 3.63) is 36.2 Å². The van der Waals surface area contributed by atoms with Crippen LogP contribution in [0.3, 0.4) is 0 Å². The lowest BCUT2D eigenvalue weighted by Gasteiger charge is -2.23. The summed E-state index contributed by atoms with van der Waals surface area (Å²) in [6, 6.07) is 5.57. The number of tetrazole rings is 1. The Morgan fingerprint density at radius 3 is 2.83 bits per heavy atom. The average molecular weight is 433 g/mol. The van der Waals surface area contributed by atoms with Gasteiger partial charge in [0.1, 0.15) is 18.4 Å². The van der Waals surface area contributed by atoms with Gasteiger partial charge in [-0.1, -0.05) is 12.1 Å². The van der Waals surface area contributed by atoms with Crippen molar-refractivity contribution in [3.63, 3.8) is 0 Å². The number of urea groups is 1. The number of imide groups is 1. The van der Waals surface area contributed by atoms with Crippen LogP contribution in [-0.4, -0.2) is 75.5 Å². The molecule has 12 nitrogen and oxygen atoms in total. The molecule has 2 aliphatic rings. The number of nitrogens with zero attached hydrogens (tertiary/aromatic N) is 5. The lowest BCUT2D eigenvalue weighted by Crippen LogP contribution is -2.45. The zero-order chi connectivity index (χ0) is 21.5. The van der Waals surface area contributed by atoms with Crippen LogP contribution < -0.4 is 10.6 Å². The van der Waals surface area contributed by atoms with Gasteiger partial charge in [-0.2, -0.15) is 0 Å². The number of aromatic nitrogens is 4. The largest absolute Gasteiger partial charge is 0.351 e. The van der Waals surface area contributed by atoms with Crippen molar-refractivity contribution in [3.8, 4) is 5.69 Å². The summed E-state index contributed by atoms with van der Waals surface area (Å²) in [5, 5.41) is 16.2. The van der Waals surface area contributed by atoms with Crippen molar-refractivity contribution in [1.82, 2.24) is 35.7 Å². The Morgan fingerprint density at radius 2 is 2.17 bits per heavy atom. The highest BCUT2D eigenvalue weighted by Gasteiger charge is 2.49. The first kappa shape index (κ1) is 19.9. The molecule has 3 heterocycles. The molecule has 2 fully saturated rings. The molecule has 0 saturated carbocycles. The monoisotopic (exact) mass is 433 g/mol. The number of benzene rings is 1. The summed E-state index contributed by atoms with van der Waals surface area (Å²) in [5.74, 6) is -1.31. The van der Waals surface area contributed by atoms with E-state index in [9.17, 15) is 22.8 Å². The highest BCUT2D eigenvalue weighted by Crippen LogP contribution is 2.29. The van der Waals surface area contributed by atoms with Crippen LogP contribution in [0.5, 0.6) is 0 Å². The Balaban J connectivity index is 1.49. The van der Waals surface area contributed by atoms with Gasteiger partial charge in [0, 0.05) is 6.04 Å². The van der Waals surface area contributed by atoms with Gasteiger partial charge < -0.3 is 10.6 Å². The second-order valence-corrected chi connectivity index (χ2v) is 9.65. The maximum atomic E-state index is 13.0. The summed E-state index contributed by atoms with van der Waals surface area (Å²) in [6.45, 7) is 1.05. The molecule has 4 rings (SSSR count). The standard InChI is InChI=1S/C17H19N7O5S/c1-17(11-3-2-4-13(7-11)24-10-18-21-22-24)15(26)23(16(27)20-17)8-14(25)19-12-5-6-30(28,29)9-12/h2-4,7,10,12H,5-6,8-9H2,1H3,(H,19,25)(H,20,27)/t12-,17+/m0/s1. The smallest absolute Gasteiger partial charge is 0.325 e. The minimum absolute atomic E-state index is 0.0107. The fraction of sp³-hybridized carbons (Fsp3) is 0.412. The van der Waals surface area contributed by atoms with Gasteiger partial charge in [-0.15, -0.1) is 5.10 Å². The lowest BCUT2D eigenvalue weighted by molar-refractivity contribution is -0.135. The number of amides is 4. The molecule has 1 aromatic heterocycles. The lowest BCUT2D eigenvalue weighted by atomic mass is 9.91. The van der Waals surface area contributed by atoms with Crippen LogP contribution >= 0.6 is 0 Å². The number of carbonyl (C=O) groups excluding carboxylic acids is 3. The van der Waals surface area contributed by atoms with Gasteiger partial charge in [0.15, 0.2) is 9.84 Å². The maximum Gasteiger partial charge on any atom is 0.325 e. The van der Waals surface area contributed by atoms with E-state index in [-0.39, 0.29) is 11.5 Å². The minimum atomic E-state index is -3.16. The van der Waals surface area contributed by atoms with Crippen LogP contribution in [0.4, 0.5) is 4.79 Å². The van der Waals surface area contributed by atoms with Crippen molar-refractivity contribution >= 4 is 27.7 Å². The Labute approximate surface area is 171 Å². The molecule has 0 radical (unpaired) electrons. The molecule has 4 amide bonds. The third-order valence-electron chi connectivity index (χ3n) is 5.21. The second-order valence-electron chi connectivity index (χ2n) is 7.42. The van der Waals surface area contributed by atoms with Crippen LogP contribution in [0, 0.1) is 0 Å². The molecule has 0 spiro atoms. The first-order valence-corrected chi connectivity index (χ1v) is 11.0. The summed E-state index contributed by atoms with van der Waals surface area (Å²) in [4.78, 5) is 38.6. The van der Waals surface area contributed by atoms with Crippen molar-refractivity contribution < 1.29 is 22.8 Å². The summed E-state index contributed by atoms with van der Waals surface area (Å²) in [7, 11) is -3.16. The molecule has 1 aromatic carbocycles. The summed E-state index contributed by atoms with van der Waals surface area (Å²) in [5.41, 5.74) is -0.281. The fourth-order valence-electron chi connectivity index (χ4n) is 3.60. The highest BCUT2D eigenvalue weighted by molar-refractivity contribution is 7.91. The molecule has 0 aliphatic carbocycles. The van der Waals surface area contributed by atoms with E-state index in [0.717, 1.165) is 4.90 Å². The van der Waals surface area contributed by atoms with E-state index >= 15 is 0 Å². The van der Waals surface area contributed by atoms with Gasteiger partial charge in [-0.3, -0.25) is 14.5 Å². The first-order chi connectivity index (χ1) is 14.2. The molecule has 2 aromatic rings. The Kier molecular flexibility index (Phi) is 4.76. The van der Waals surface area contributed by atoms with E-state index in [1.807, 2.05) is 0 Å². The highest BCUT2D eigenvalue weighted by atomic mass is 32.2. The number of hydrogen-bond acceptors (Lipinski definition) is 8. The SMILES string of the molecule is C[C@]1(c2cccc(-n3cnnn3)c2)NC(=O)N(CC(=O)N[C@H]2CCS(=O)(=O)C2)C1=O. The zero-order valence-electron chi connectivity index (χ0n) is 16.0. The Hall–Kier alpha value is -3.35. The molecule has 2 aliphatic heterocycles. The van der Waals surface area contributed by atoms with Crippen molar-refractivity contribution in [1.29, 1.82) is 0 Å². The molecule has 0 bridgehead atoms. The predicted molar refractivity (Wildman–Crippen MR) is 102 cm³/mol. The molecule has 0 unspecified atom stereocenters. The third-order valence-corrected chi connectivity index (χ3v) is 6.98. The number of hydrogen-bond donors (Lipinski definition) is 2. The number of nitrogens with one attached hydrogen (secondary N) is 2. The van der Waals surface area contributed by atoms with E-state index in [4.69, 9.17) is 0 Å². The summed E-state index contributed by atoms with van der Waals surface area (Å²) in [6.07, 6.45) is 1.71. The van der Waals surface area contributed by atoms with Crippen molar-refractivity contribution in [2.45, 2.75) is 24.9 Å². The quantitative estimate of drug-likeness (QED) is 0.553. The predicted octanol–water partition coefficient (Wildman–Crippen LogP) is -1.27. The van der Waals surface area contributed by atoms with Crippen LogP contribution in [0.25, 0.3) is 5.69 Å². The molecule has 30 heavy (non-hydrogen) atoms. The van der Waals surface area contributed by atoms with Crippen LogP contribution in [-0.2, 0) is 25.0 Å². The second kappa shape index (κ2) is 7.16. The van der Waals surface area contributed by atoms with E-state index < -0.39 is 45.8 Å². The molecular weight excluding hydrogens is 414 g/mol. The minimum Gasteiger partial charge on any atom is -0.351 e. The number of rotatable bonds is 5. The summed E-state index contributed by atoms with van der Waals surface area (Å²) >= 11 is 0. The summed E-state index contributed by atoms with van der Waals surface area (Å²) < 4.78 is 24.5. The van der Waals surface area contributed by atoms with E-state index in [2.05, 4.69) is 26.2 Å². The van der Waals surface area contributed by atoms with Gasteiger partial charge in [-0.05, 0) is 41.5 Å². The van der Waals surface area contributed by atoms with Crippen molar-refractivity contribution in [2.24, 2.45) is 0 Å². The molecular formula is C17H19N7O5S. The zero-order valence-corrected chi connectivity index (χ0v) is 16.8. The van der Waals surface area contributed by atoms with E-state index in [1.165, 1.54) is 11.0 Å². The third kappa shape index (κ3) is 3.63. The Bertz CT molecular complexity index is 1120. The van der Waals surface area contributed by atoms with E-state index in [1.54, 1.807) is 31.2 Å². The first-order valence-electron chi connectivity index (χ1n) is 9.16.